The van der Waals surface area contributed by atoms with Crippen molar-refractivity contribution in [3.63, 3.8) is 0 Å². The molecule has 1 amide bonds. The number of methoxy groups -OCH3 is 2. The van der Waals surface area contributed by atoms with Gasteiger partial charge in [-0.3, -0.25) is 19.2 Å². The molecule has 184 valence electrons. The van der Waals surface area contributed by atoms with Gasteiger partial charge in [0.2, 0.25) is 5.91 Å². The van der Waals surface area contributed by atoms with Crippen LogP contribution in [0.15, 0.2) is 65.6 Å². The summed E-state index contributed by atoms with van der Waals surface area (Å²) >= 11 is 0. The topological polar surface area (TPSA) is 128 Å². The highest BCUT2D eigenvalue weighted by atomic mass is 32.2. The van der Waals surface area contributed by atoms with E-state index in [0.717, 1.165) is 15.4 Å². The van der Waals surface area contributed by atoms with Crippen molar-refractivity contribution in [3.8, 4) is 11.5 Å². The summed E-state index contributed by atoms with van der Waals surface area (Å²) in [4.78, 5) is 23.3. The number of hydrogen-bond donors (Lipinski definition) is 1. The summed E-state index contributed by atoms with van der Waals surface area (Å²) in [6, 6.07) is 14.7. The number of nitro benzene ring substituents is 1. The van der Waals surface area contributed by atoms with Crippen molar-refractivity contribution >= 4 is 33.0 Å². The van der Waals surface area contributed by atoms with Crippen LogP contribution in [-0.2, 0) is 14.8 Å². The highest BCUT2D eigenvalue weighted by Gasteiger charge is 2.29. The Balaban J connectivity index is 2.02. The minimum absolute atomic E-state index is 0.0996. The van der Waals surface area contributed by atoms with E-state index in [1.165, 1.54) is 56.7 Å². The molecule has 0 radical (unpaired) electrons. The largest absolute Gasteiger partial charge is 0.493 e. The van der Waals surface area contributed by atoms with Gasteiger partial charge in [0.05, 0.1) is 29.7 Å². The van der Waals surface area contributed by atoms with Gasteiger partial charge >= 0.3 is 0 Å². The Morgan fingerprint density at radius 2 is 1.63 bits per heavy atom. The molecule has 0 aliphatic carbocycles. The average Bonchev–Trinajstić information content (AvgIpc) is 2.81. The molecule has 0 bridgehead atoms. The number of sulfonamides is 1. The van der Waals surface area contributed by atoms with Gasteiger partial charge in [-0.2, -0.15) is 0 Å². The van der Waals surface area contributed by atoms with E-state index >= 15 is 0 Å². The van der Waals surface area contributed by atoms with Crippen molar-refractivity contribution in [1.82, 2.24) is 0 Å². The number of carbonyl (C=O) groups excluding carboxylic acids is 1. The number of anilines is 2. The van der Waals surface area contributed by atoms with E-state index in [2.05, 4.69) is 5.32 Å². The van der Waals surface area contributed by atoms with Gasteiger partial charge < -0.3 is 14.8 Å². The zero-order chi connectivity index (χ0) is 25.8. The molecule has 0 atom stereocenters. The van der Waals surface area contributed by atoms with Crippen molar-refractivity contribution in [2.75, 3.05) is 30.4 Å². The van der Waals surface area contributed by atoms with Crippen LogP contribution >= 0.6 is 0 Å². The van der Waals surface area contributed by atoms with E-state index in [0.29, 0.717) is 11.4 Å². The number of nitro groups is 1. The fourth-order valence-corrected chi connectivity index (χ4v) is 4.96. The maximum Gasteiger partial charge on any atom is 0.271 e. The SMILES string of the molecule is COc1ccc(S(=O)(=O)N(CC(=O)Nc2cccc([N+](=O)[O-])c2)c2cc(C)cc(C)c2)cc1OC. The number of hydrogen-bond acceptors (Lipinski definition) is 7. The van der Waals surface area contributed by atoms with Gasteiger partial charge in [-0.15, -0.1) is 0 Å². The first-order valence-electron chi connectivity index (χ1n) is 10.4. The summed E-state index contributed by atoms with van der Waals surface area (Å²) in [5, 5.41) is 13.6. The molecule has 35 heavy (non-hydrogen) atoms. The van der Waals surface area contributed by atoms with Gasteiger partial charge in [0.15, 0.2) is 11.5 Å². The highest BCUT2D eigenvalue weighted by molar-refractivity contribution is 7.92. The Bertz CT molecular complexity index is 1350. The molecule has 11 heteroatoms. The lowest BCUT2D eigenvalue weighted by atomic mass is 10.1. The van der Waals surface area contributed by atoms with Crippen molar-refractivity contribution in [1.29, 1.82) is 0 Å². The van der Waals surface area contributed by atoms with E-state index in [-0.39, 0.29) is 22.0 Å². The third-order valence-corrected chi connectivity index (χ3v) is 6.84. The van der Waals surface area contributed by atoms with E-state index in [4.69, 9.17) is 9.47 Å². The molecule has 0 heterocycles. The smallest absolute Gasteiger partial charge is 0.271 e. The van der Waals surface area contributed by atoms with Crippen molar-refractivity contribution in [2.45, 2.75) is 18.7 Å². The average molecular weight is 500 g/mol. The summed E-state index contributed by atoms with van der Waals surface area (Å²) in [6.45, 7) is 3.07. The van der Waals surface area contributed by atoms with Crippen LogP contribution in [0.2, 0.25) is 0 Å². The number of nitrogens with one attached hydrogen (secondary N) is 1. The monoisotopic (exact) mass is 499 g/mol. The molecule has 0 saturated carbocycles. The summed E-state index contributed by atoms with van der Waals surface area (Å²) in [5.41, 5.74) is 1.89. The lowest BCUT2D eigenvalue weighted by Crippen LogP contribution is -2.38. The van der Waals surface area contributed by atoms with Crippen LogP contribution in [0.1, 0.15) is 11.1 Å². The van der Waals surface area contributed by atoms with Crippen LogP contribution in [0, 0.1) is 24.0 Å². The molecular formula is C24H25N3O7S. The summed E-state index contributed by atoms with van der Waals surface area (Å²) in [7, 11) is -1.40. The normalized spacial score (nSPS) is 11.0. The minimum Gasteiger partial charge on any atom is -0.493 e. The molecule has 0 spiro atoms. The number of nitrogens with zero attached hydrogens (tertiary/aromatic N) is 2. The van der Waals surface area contributed by atoms with E-state index in [1.54, 1.807) is 12.1 Å². The first-order chi connectivity index (χ1) is 16.5. The van der Waals surface area contributed by atoms with Gasteiger partial charge in [-0.1, -0.05) is 12.1 Å². The first kappa shape index (κ1) is 25.5. The quantitative estimate of drug-likeness (QED) is 0.347. The van der Waals surface area contributed by atoms with Gasteiger partial charge in [-0.05, 0) is 55.3 Å². The molecule has 3 rings (SSSR count). The van der Waals surface area contributed by atoms with Crippen LogP contribution in [0.3, 0.4) is 0 Å². The van der Waals surface area contributed by atoms with Crippen LogP contribution in [-0.4, -0.2) is 40.0 Å². The van der Waals surface area contributed by atoms with Crippen LogP contribution in [0.4, 0.5) is 17.1 Å². The van der Waals surface area contributed by atoms with Gasteiger partial charge in [0, 0.05) is 23.9 Å². The second-order valence-electron chi connectivity index (χ2n) is 7.73. The van der Waals surface area contributed by atoms with E-state index in [1.807, 2.05) is 19.9 Å². The predicted molar refractivity (Wildman–Crippen MR) is 132 cm³/mol. The van der Waals surface area contributed by atoms with Gasteiger partial charge in [-0.25, -0.2) is 8.42 Å². The summed E-state index contributed by atoms with van der Waals surface area (Å²) < 4.78 is 38.9. The number of carbonyl (C=O) groups is 1. The molecule has 3 aromatic rings. The van der Waals surface area contributed by atoms with Gasteiger partial charge in [0.25, 0.3) is 15.7 Å². The molecule has 0 fully saturated rings. The highest BCUT2D eigenvalue weighted by Crippen LogP contribution is 2.32. The Labute approximate surface area is 203 Å². The number of aryl methyl sites for hydroxylation is 2. The van der Waals surface area contributed by atoms with Crippen LogP contribution in [0.25, 0.3) is 0 Å². The Morgan fingerprint density at radius 1 is 0.971 bits per heavy atom. The molecule has 0 aromatic heterocycles. The van der Waals surface area contributed by atoms with Crippen molar-refractivity contribution in [2.24, 2.45) is 0 Å². The van der Waals surface area contributed by atoms with Crippen molar-refractivity contribution in [3.05, 3.63) is 81.9 Å². The molecule has 1 N–H and O–H groups in total. The fraction of sp³-hybridized carbons (Fsp3) is 0.208. The number of non-ortho nitro benzene ring substituents is 1. The molecule has 3 aromatic carbocycles. The van der Waals surface area contributed by atoms with E-state index in [9.17, 15) is 23.3 Å². The third-order valence-electron chi connectivity index (χ3n) is 5.07. The zero-order valence-corrected chi connectivity index (χ0v) is 20.5. The maximum absolute atomic E-state index is 13.7. The standard InChI is InChI=1S/C24H25N3O7S/c1-16-10-17(2)12-20(11-16)26(15-24(28)25-18-6-5-7-19(13-18)27(29)30)35(31,32)21-8-9-22(33-3)23(14-21)34-4/h5-14H,15H2,1-4H3,(H,25,28). The lowest BCUT2D eigenvalue weighted by molar-refractivity contribution is -0.384. The second-order valence-corrected chi connectivity index (χ2v) is 9.59. The minimum atomic E-state index is -4.23. The summed E-state index contributed by atoms with van der Waals surface area (Å²) in [6.07, 6.45) is 0. The van der Waals surface area contributed by atoms with Crippen LogP contribution < -0.4 is 19.1 Å². The molecule has 0 saturated heterocycles. The van der Waals surface area contributed by atoms with Crippen LogP contribution in [0.5, 0.6) is 11.5 Å². The molecule has 0 aliphatic rings. The Kier molecular flexibility index (Phi) is 7.60. The number of amides is 1. The van der Waals surface area contributed by atoms with Gasteiger partial charge in [0.1, 0.15) is 6.54 Å². The predicted octanol–water partition coefficient (Wildman–Crippen LogP) is 4.06. The molecular weight excluding hydrogens is 474 g/mol. The first-order valence-corrected chi connectivity index (χ1v) is 11.9. The summed E-state index contributed by atoms with van der Waals surface area (Å²) in [5.74, 6) is -0.100. The number of ether oxygens (including phenoxy) is 2. The fourth-order valence-electron chi connectivity index (χ4n) is 3.54. The Morgan fingerprint density at radius 3 is 2.23 bits per heavy atom. The lowest BCUT2D eigenvalue weighted by Gasteiger charge is -2.25. The molecule has 10 nitrogen and oxygen atoms in total. The molecule has 0 aliphatic heterocycles. The second kappa shape index (κ2) is 10.4. The Hall–Kier alpha value is -4.12. The van der Waals surface area contributed by atoms with Crippen molar-refractivity contribution < 1.29 is 27.6 Å². The third kappa shape index (κ3) is 5.87. The molecule has 0 unspecified atom stereocenters. The maximum atomic E-state index is 13.7. The number of rotatable bonds is 9. The zero-order valence-electron chi connectivity index (χ0n) is 19.6. The van der Waals surface area contributed by atoms with E-state index < -0.39 is 27.4 Å². The number of benzene rings is 3.